The van der Waals surface area contributed by atoms with Gasteiger partial charge in [-0.05, 0) is 90.8 Å². The van der Waals surface area contributed by atoms with Crippen molar-refractivity contribution in [3.63, 3.8) is 0 Å². The zero-order chi connectivity index (χ0) is 33.1. The van der Waals surface area contributed by atoms with Crippen LogP contribution in [0, 0.1) is 17.1 Å². The van der Waals surface area contributed by atoms with Crippen LogP contribution >= 0.6 is 0 Å². The van der Waals surface area contributed by atoms with Crippen molar-refractivity contribution < 1.29 is 23.8 Å². The maximum atomic E-state index is 14.4. The molecule has 246 valence electrons. The Bertz CT molecular complexity index is 1780. The Morgan fingerprint density at radius 3 is 2.57 bits per heavy atom. The third kappa shape index (κ3) is 7.58. The van der Waals surface area contributed by atoms with E-state index in [0.29, 0.717) is 30.0 Å². The summed E-state index contributed by atoms with van der Waals surface area (Å²) >= 11 is 0. The monoisotopic (exact) mass is 637 g/mol. The molecule has 1 aliphatic heterocycles. The quantitative estimate of drug-likeness (QED) is 0.198. The van der Waals surface area contributed by atoms with Crippen molar-refractivity contribution in [2.24, 2.45) is 0 Å². The number of fused-ring (bicyclic) bond motifs is 1. The third-order valence-electron chi connectivity index (χ3n) is 9.74. The number of rotatable bonds is 9. The molecule has 7 nitrogen and oxygen atoms in total. The van der Waals surface area contributed by atoms with E-state index in [9.17, 15) is 14.3 Å². The fourth-order valence-electron chi connectivity index (χ4n) is 7.09. The lowest BCUT2D eigenvalue weighted by molar-refractivity contribution is 0.00622. The minimum absolute atomic E-state index is 0.0538. The molecule has 1 N–H and O–H groups in total. The van der Waals surface area contributed by atoms with E-state index >= 15 is 0 Å². The van der Waals surface area contributed by atoms with E-state index in [1.54, 1.807) is 24.3 Å². The summed E-state index contributed by atoms with van der Waals surface area (Å²) in [6.07, 6.45) is 7.90. The van der Waals surface area contributed by atoms with Gasteiger partial charge < -0.3 is 19.1 Å². The molecule has 0 spiro atoms. The number of imidazole rings is 1. The summed E-state index contributed by atoms with van der Waals surface area (Å²) in [4.78, 5) is 17.3. The van der Waals surface area contributed by atoms with Crippen molar-refractivity contribution in [1.29, 1.82) is 5.26 Å². The van der Waals surface area contributed by atoms with E-state index in [-0.39, 0.29) is 29.8 Å². The number of carbonyl (C=O) groups is 1. The Labute approximate surface area is 276 Å². The second-order valence-corrected chi connectivity index (χ2v) is 14.2. The zero-order valence-electron chi connectivity index (χ0n) is 27.6. The topological polar surface area (TPSA) is 97.4 Å². The molecule has 1 aliphatic carbocycles. The summed E-state index contributed by atoms with van der Waals surface area (Å²) in [5.74, 6) is -0.0572. The molecule has 0 amide bonds. The van der Waals surface area contributed by atoms with Crippen LogP contribution in [0.5, 0.6) is 0 Å². The average molecular weight is 638 g/mol. The summed E-state index contributed by atoms with van der Waals surface area (Å²) in [6.45, 7) is 7.89. The van der Waals surface area contributed by atoms with Gasteiger partial charge in [0.25, 0.3) is 0 Å². The molecule has 0 radical (unpaired) electrons. The lowest BCUT2D eigenvalue weighted by atomic mass is 9.82. The second kappa shape index (κ2) is 14.0. The fourth-order valence-corrected chi connectivity index (χ4v) is 7.09. The summed E-state index contributed by atoms with van der Waals surface area (Å²) in [7, 11) is 0. The SMILES string of the molecule is CC(C)(C)c1cc(C(=O)O)cc2c1nc(Cc1ccc(C3CCCC(OCc4ccc(C#N)cc4F)C3)cc1)n2CC1CCCCO1. The molecule has 1 aromatic heterocycles. The van der Waals surface area contributed by atoms with Crippen molar-refractivity contribution in [1.82, 2.24) is 9.55 Å². The van der Waals surface area contributed by atoms with Crippen molar-refractivity contribution in [2.75, 3.05) is 6.61 Å². The van der Waals surface area contributed by atoms with Gasteiger partial charge in [0.1, 0.15) is 11.6 Å². The van der Waals surface area contributed by atoms with Crippen LogP contribution in [0.25, 0.3) is 11.0 Å². The van der Waals surface area contributed by atoms with Gasteiger partial charge >= 0.3 is 5.97 Å². The summed E-state index contributed by atoms with van der Waals surface area (Å²) in [5, 5.41) is 19.0. The van der Waals surface area contributed by atoms with E-state index in [0.717, 1.165) is 79.5 Å². The summed E-state index contributed by atoms with van der Waals surface area (Å²) in [5.41, 5.74) is 5.85. The summed E-state index contributed by atoms with van der Waals surface area (Å²) < 4.78 is 28.9. The molecule has 2 fully saturated rings. The minimum Gasteiger partial charge on any atom is -0.478 e. The van der Waals surface area contributed by atoms with Crippen molar-refractivity contribution in [3.8, 4) is 6.07 Å². The molecule has 1 saturated heterocycles. The molecule has 6 rings (SSSR count). The number of aromatic carboxylic acids is 1. The Morgan fingerprint density at radius 1 is 1.09 bits per heavy atom. The zero-order valence-corrected chi connectivity index (χ0v) is 27.6. The predicted molar refractivity (Wildman–Crippen MR) is 179 cm³/mol. The van der Waals surface area contributed by atoms with Gasteiger partial charge in [0.15, 0.2) is 0 Å². The van der Waals surface area contributed by atoms with Gasteiger partial charge in [0.05, 0.1) is 53.6 Å². The van der Waals surface area contributed by atoms with E-state index in [1.165, 1.54) is 11.6 Å². The molecule has 0 bridgehead atoms. The molecule has 3 unspecified atom stereocenters. The van der Waals surface area contributed by atoms with Crippen molar-refractivity contribution in [3.05, 3.63) is 99.6 Å². The molecule has 3 atom stereocenters. The number of nitrogens with zero attached hydrogens (tertiary/aromatic N) is 3. The Kier molecular flexibility index (Phi) is 9.77. The number of carboxylic acid groups (broad SMARTS) is 1. The molecule has 2 aliphatic rings. The summed E-state index contributed by atoms with van der Waals surface area (Å²) in [6, 6.07) is 18.8. The van der Waals surface area contributed by atoms with Gasteiger partial charge in [0.2, 0.25) is 0 Å². The van der Waals surface area contributed by atoms with Crippen LogP contribution in [-0.4, -0.2) is 39.4 Å². The number of hydrogen-bond donors (Lipinski definition) is 1. The molecule has 3 aromatic carbocycles. The average Bonchev–Trinajstić information content (AvgIpc) is 3.40. The number of nitriles is 1. The molecular formula is C39H44FN3O4. The van der Waals surface area contributed by atoms with Gasteiger partial charge in [-0.1, -0.05) is 57.5 Å². The molecular weight excluding hydrogens is 593 g/mol. The van der Waals surface area contributed by atoms with E-state index in [4.69, 9.17) is 19.7 Å². The van der Waals surface area contributed by atoms with Crippen LogP contribution in [0.4, 0.5) is 4.39 Å². The maximum Gasteiger partial charge on any atom is 0.335 e. The minimum atomic E-state index is -0.937. The van der Waals surface area contributed by atoms with Gasteiger partial charge in [-0.25, -0.2) is 14.2 Å². The second-order valence-electron chi connectivity index (χ2n) is 14.2. The first-order chi connectivity index (χ1) is 22.6. The van der Waals surface area contributed by atoms with E-state index in [1.807, 2.05) is 6.07 Å². The lowest BCUT2D eigenvalue weighted by Gasteiger charge is -2.29. The van der Waals surface area contributed by atoms with Crippen LogP contribution in [-0.2, 0) is 34.5 Å². The first kappa shape index (κ1) is 32.9. The normalized spacial score (nSPS) is 20.3. The highest BCUT2D eigenvalue weighted by atomic mass is 19.1. The highest BCUT2D eigenvalue weighted by molar-refractivity contribution is 5.94. The van der Waals surface area contributed by atoms with Crippen LogP contribution in [0.2, 0.25) is 0 Å². The highest BCUT2D eigenvalue weighted by Crippen LogP contribution is 2.36. The predicted octanol–water partition coefficient (Wildman–Crippen LogP) is 8.45. The molecule has 47 heavy (non-hydrogen) atoms. The van der Waals surface area contributed by atoms with E-state index < -0.39 is 11.8 Å². The number of hydrogen-bond acceptors (Lipinski definition) is 5. The standard InChI is InChI=1S/C39H44FN3O4/c1-39(2,3)33-20-30(38(44)45)21-35-37(33)42-36(43(35)23-32-8-4-5-16-46-32)18-25-10-13-27(14-11-25)28-7-6-9-31(19-28)47-24-29-15-12-26(22-41)17-34(29)40/h10-15,17,20-21,28,31-32H,4-9,16,18-19,23-24H2,1-3H3,(H,44,45). The largest absolute Gasteiger partial charge is 0.478 e. The number of carboxylic acids is 1. The number of benzene rings is 3. The smallest absolute Gasteiger partial charge is 0.335 e. The molecule has 1 saturated carbocycles. The fraction of sp³-hybridized carbons (Fsp3) is 0.462. The molecule has 4 aromatic rings. The number of aromatic nitrogens is 2. The van der Waals surface area contributed by atoms with Crippen molar-refractivity contribution >= 4 is 17.0 Å². The number of halogens is 1. The number of ether oxygens (including phenoxy) is 2. The Balaban J connectivity index is 1.21. The first-order valence-corrected chi connectivity index (χ1v) is 16.9. The molecule has 2 heterocycles. The van der Waals surface area contributed by atoms with Gasteiger partial charge in [-0.2, -0.15) is 5.26 Å². The van der Waals surface area contributed by atoms with Crippen LogP contribution < -0.4 is 0 Å². The van der Waals surface area contributed by atoms with Gasteiger partial charge in [0, 0.05) is 18.6 Å². The lowest BCUT2D eigenvalue weighted by Crippen LogP contribution is -2.25. The molecule has 8 heteroatoms. The van der Waals surface area contributed by atoms with Gasteiger partial charge in [-0.3, -0.25) is 0 Å². The van der Waals surface area contributed by atoms with Gasteiger partial charge in [-0.15, -0.1) is 0 Å². The maximum absolute atomic E-state index is 14.4. The van der Waals surface area contributed by atoms with Crippen LogP contribution in [0.3, 0.4) is 0 Å². The van der Waals surface area contributed by atoms with E-state index in [2.05, 4.69) is 49.6 Å². The highest BCUT2D eigenvalue weighted by Gasteiger charge is 2.27. The van der Waals surface area contributed by atoms with Crippen molar-refractivity contribution in [2.45, 2.75) is 109 Å². The Morgan fingerprint density at radius 2 is 1.89 bits per heavy atom. The van der Waals surface area contributed by atoms with Crippen LogP contribution in [0.1, 0.15) is 116 Å². The first-order valence-electron chi connectivity index (χ1n) is 16.9. The third-order valence-corrected chi connectivity index (χ3v) is 9.74. The van der Waals surface area contributed by atoms with Crippen LogP contribution in [0.15, 0.2) is 54.6 Å². The Hall–Kier alpha value is -4.06.